The fourth-order valence-electron chi connectivity index (χ4n) is 0.166. The smallest absolute Gasteiger partial charge is 0.332 e. The lowest BCUT2D eigenvalue weighted by atomic mass is 10.4. The highest BCUT2D eigenvalue weighted by Gasteiger charge is 2.08. The molecule has 0 aromatic rings. The summed E-state index contributed by atoms with van der Waals surface area (Å²) in [6.45, 7) is 1.48. The minimum atomic E-state index is -0.940. The van der Waals surface area contributed by atoms with Crippen LogP contribution in [-0.2, 0) is 9.53 Å². The molecule has 0 aliphatic carbocycles. The molecular weight excluding hydrogens is 176 g/mol. The minimum Gasteiger partial charge on any atom is -0.479 e. The highest BCUT2D eigenvalue weighted by atomic mass is 79.9. The van der Waals surface area contributed by atoms with E-state index in [2.05, 4.69) is 20.7 Å². The van der Waals surface area contributed by atoms with E-state index in [4.69, 9.17) is 5.11 Å². The molecule has 0 saturated carbocycles. The van der Waals surface area contributed by atoms with Crippen LogP contribution in [0.1, 0.15) is 6.92 Å². The maximum Gasteiger partial charge on any atom is 0.332 e. The van der Waals surface area contributed by atoms with Gasteiger partial charge in [-0.2, -0.15) is 0 Å². The summed E-state index contributed by atoms with van der Waals surface area (Å²) in [5, 5.41) is 8.17. The van der Waals surface area contributed by atoms with Gasteiger partial charge in [-0.05, 0) is 6.92 Å². The standard InChI is InChI=1S/C4H7BrO3/c1-3(4(6)7)8-2-5/h3H,2H2,1H3,(H,6,7). The van der Waals surface area contributed by atoms with Gasteiger partial charge in [-0.15, -0.1) is 0 Å². The SMILES string of the molecule is CC(OCBr)C(=O)O. The van der Waals surface area contributed by atoms with E-state index in [0.717, 1.165) is 0 Å². The number of alkyl halides is 1. The van der Waals surface area contributed by atoms with Crippen LogP contribution in [0.4, 0.5) is 0 Å². The van der Waals surface area contributed by atoms with E-state index in [1.54, 1.807) is 0 Å². The number of carboxylic acid groups (broad SMARTS) is 1. The third-order valence-corrected chi connectivity index (χ3v) is 0.925. The molecule has 0 aliphatic rings. The third-order valence-electron chi connectivity index (χ3n) is 0.661. The Morgan fingerprint density at radius 3 is 2.62 bits per heavy atom. The van der Waals surface area contributed by atoms with Gasteiger partial charge in [-0.3, -0.25) is 0 Å². The fraction of sp³-hybridized carbons (Fsp3) is 0.750. The molecule has 0 spiro atoms. The van der Waals surface area contributed by atoms with Crippen molar-refractivity contribution in [2.24, 2.45) is 0 Å². The van der Waals surface area contributed by atoms with Crippen molar-refractivity contribution in [2.45, 2.75) is 13.0 Å². The fourth-order valence-corrected chi connectivity index (χ4v) is 0.562. The van der Waals surface area contributed by atoms with Crippen LogP contribution in [-0.4, -0.2) is 22.7 Å². The Morgan fingerprint density at radius 1 is 2.00 bits per heavy atom. The third kappa shape index (κ3) is 2.98. The Bertz CT molecular complexity index is 83.4. The van der Waals surface area contributed by atoms with Gasteiger partial charge < -0.3 is 9.84 Å². The summed E-state index contributed by atoms with van der Waals surface area (Å²) in [6, 6.07) is 0. The summed E-state index contributed by atoms with van der Waals surface area (Å²) in [4.78, 5) is 9.94. The van der Waals surface area contributed by atoms with E-state index in [-0.39, 0.29) is 5.52 Å². The molecule has 0 heterocycles. The molecule has 1 N–H and O–H groups in total. The highest BCUT2D eigenvalue weighted by molar-refractivity contribution is 9.09. The zero-order valence-electron chi connectivity index (χ0n) is 4.43. The molecule has 0 bridgehead atoms. The lowest BCUT2D eigenvalue weighted by molar-refractivity contribution is -0.147. The molecule has 0 fully saturated rings. The molecule has 4 heteroatoms. The van der Waals surface area contributed by atoms with Crippen molar-refractivity contribution in [3.05, 3.63) is 0 Å². The second-order valence-electron chi connectivity index (χ2n) is 1.26. The van der Waals surface area contributed by atoms with E-state index in [0.29, 0.717) is 0 Å². The number of hydrogen-bond donors (Lipinski definition) is 1. The van der Waals surface area contributed by atoms with Gasteiger partial charge in [-0.25, -0.2) is 4.79 Å². The average Bonchev–Trinajstić information content (AvgIpc) is 1.67. The molecule has 0 aromatic heterocycles. The van der Waals surface area contributed by atoms with Crippen LogP contribution in [0.2, 0.25) is 0 Å². The van der Waals surface area contributed by atoms with E-state index >= 15 is 0 Å². The van der Waals surface area contributed by atoms with Gasteiger partial charge in [0.05, 0.1) is 0 Å². The van der Waals surface area contributed by atoms with Gasteiger partial charge in [0.25, 0.3) is 0 Å². The van der Waals surface area contributed by atoms with Crippen LogP contribution in [0, 0.1) is 0 Å². The number of carbonyl (C=O) groups is 1. The summed E-state index contributed by atoms with van der Waals surface area (Å²) in [5.41, 5.74) is 0.264. The van der Waals surface area contributed by atoms with Crippen LogP contribution >= 0.6 is 15.9 Å². The zero-order valence-corrected chi connectivity index (χ0v) is 6.01. The summed E-state index contributed by atoms with van der Waals surface area (Å²) in [7, 11) is 0. The summed E-state index contributed by atoms with van der Waals surface area (Å²) in [6.07, 6.45) is -0.714. The summed E-state index contributed by atoms with van der Waals surface area (Å²) in [5.74, 6) is -0.940. The summed E-state index contributed by atoms with van der Waals surface area (Å²) < 4.78 is 4.62. The minimum absolute atomic E-state index is 0.264. The molecule has 1 unspecified atom stereocenters. The maximum atomic E-state index is 9.94. The van der Waals surface area contributed by atoms with E-state index in [9.17, 15) is 4.79 Å². The first kappa shape index (κ1) is 7.91. The molecule has 8 heavy (non-hydrogen) atoms. The van der Waals surface area contributed by atoms with Crippen molar-refractivity contribution in [1.29, 1.82) is 0 Å². The number of rotatable bonds is 3. The molecule has 0 aromatic carbocycles. The number of aliphatic carboxylic acids is 1. The number of halogens is 1. The number of ether oxygens (including phenoxy) is 1. The largest absolute Gasteiger partial charge is 0.479 e. The van der Waals surface area contributed by atoms with Gasteiger partial charge >= 0.3 is 5.97 Å². The van der Waals surface area contributed by atoms with Crippen LogP contribution in [0.3, 0.4) is 0 Å². The van der Waals surface area contributed by atoms with Gasteiger partial charge in [0.15, 0.2) is 6.10 Å². The predicted octanol–water partition coefficient (Wildman–Crippen LogP) is 0.829. The molecule has 48 valence electrons. The summed E-state index contributed by atoms with van der Waals surface area (Å²) >= 11 is 2.93. The molecule has 0 aliphatic heterocycles. The van der Waals surface area contributed by atoms with E-state index in [1.165, 1.54) is 6.92 Å². The van der Waals surface area contributed by atoms with Crippen LogP contribution in [0.15, 0.2) is 0 Å². The Morgan fingerprint density at radius 2 is 2.50 bits per heavy atom. The normalized spacial score (nSPS) is 13.2. The molecule has 1 atom stereocenters. The van der Waals surface area contributed by atoms with Crippen molar-refractivity contribution in [3.63, 3.8) is 0 Å². The quantitative estimate of drug-likeness (QED) is 0.659. The van der Waals surface area contributed by atoms with Crippen LogP contribution in [0.25, 0.3) is 0 Å². The first-order valence-corrected chi connectivity index (χ1v) is 3.21. The van der Waals surface area contributed by atoms with E-state index in [1.807, 2.05) is 0 Å². The Hall–Kier alpha value is -0.0900. The van der Waals surface area contributed by atoms with Gasteiger partial charge in [0.1, 0.15) is 5.52 Å². The molecule has 3 nitrogen and oxygen atoms in total. The van der Waals surface area contributed by atoms with Gasteiger partial charge in [0, 0.05) is 0 Å². The molecule has 0 rings (SSSR count). The zero-order chi connectivity index (χ0) is 6.57. The second-order valence-corrected chi connectivity index (χ2v) is 1.71. The van der Waals surface area contributed by atoms with Crippen molar-refractivity contribution in [2.75, 3.05) is 5.52 Å². The van der Waals surface area contributed by atoms with Crippen LogP contribution < -0.4 is 0 Å². The molecule has 0 radical (unpaired) electrons. The average molecular weight is 183 g/mol. The monoisotopic (exact) mass is 182 g/mol. The Labute approximate surface area is 55.8 Å². The lowest BCUT2D eigenvalue weighted by Gasteiger charge is -2.02. The molecular formula is C4H7BrO3. The second kappa shape index (κ2) is 3.86. The van der Waals surface area contributed by atoms with Gasteiger partial charge in [-0.1, -0.05) is 15.9 Å². The number of hydrogen-bond acceptors (Lipinski definition) is 2. The van der Waals surface area contributed by atoms with Crippen molar-refractivity contribution < 1.29 is 14.6 Å². The molecule has 0 saturated heterocycles. The topological polar surface area (TPSA) is 46.5 Å². The van der Waals surface area contributed by atoms with Crippen molar-refractivity contribution >= 4 is 21.9 Å². The predicted molar refractivity (Wildman–Crippen MR) is 32.0 cm³/mol. The first-order chi connectivity index (χ1) is 3.68. The van der Waals surface area contributed by atoms with Gasteiger partial charge in [0.2, 0.25) is 0 Å². The van der Waals surface area contributed by atoms with Crippen molar-refractivity contribution in [1.82, 2.24) is 0 Å². The Balaban J connectivity index is 3.32. The maximum absolute atomic E-state index is 9.94. The van der Waals surface area contributed by atoms with E-state index < -0.39 is 12.1 Å². The van der Waals surface area contributed by atoms with Crippen molar-refractivity contribution in [3.8, 4) is 0 Å². The molecule has 0 amide bonds. The first-order valence-electron chi connectivity index (χ1n) is 2.09. The Kier molecular flexibility index (Phi) is 3.81. The lowest BCUT2D eigenvalue weighted by Crippen LogP contribution is -2.18. The number of carboxylic acids is 1. The highest BCUT2D eigenvalue weighted by Crippen LogP contribution is 1.92. The van der Waals surface area contributed by atoms with Crippen LogP contribution in [0.5, 0.6) is 0 Å².